The van der Waals surface area contributed by atoms with Crippen LogP contribution in [0.1, 0.15) is 45.4 Å². The van der Waals surface area contributed by atoms with Gasteiger partial charge in [-0.15, -0.1) is 0 Å². The van der Waals surface area contributed by atoms with Crippen LogP contribution in [-0.4, -0.2) is 26.3 Å². The molecule has 0 aromatic heterocycles. The maximum atomic E-state index is 13.0. The lowest BCUT2D eigenvalue weighted by atomic mass is 10.1. The lowest BCUT2D eigenvalue weighted by molar-refractivity contribution is 0.448. The van der Waals surface area contributed by atoms with Gasteiger partial charge in [0.25, 0.3) is 0 Å². The number of halogens is 5. The van der Waals surface area contributed by atoms with Crippen molar-refractivity contribution in [3.63, 3.8) is 0 Å². The molecule has 9 heteroatoms. The zero-order valence-corrected chi connectivity index (χ0v) is 22.3. The van der Waals surface area contributed by atoms with Crippen molar-refractivity contribution in [3.05, 3.63) is 22.4 Å². The predicted octanol–water partition coefficient (Wildman–Crippen LogP) is 7.48. The Hall–Kier alpha value is 1.53. The zero-order valence-electron chi connectivity index (χ0n) is 13.5. The molecule has 0 aliphatic carbocycles. The van der Waals surface area contributed by atoms with Crippen LogP contribution in [0.5, 0.6) is 0 Å². The highest BCUT2D eigenvalue weighted by Gasteiger charge is 2.30. The van der Waals surface area contributed by atoms with Gasteiger partial charge in [0.2, 0.25) is 10.0 Å². The summed E-state index contributed by atoms with van der Waals surface area (Å²) in [6.07, 6.45) is 6.75. The molecule has 0 N–H and O–H groups in total. The average Bonchev–Trinajstić information content (AvgIpc) is 2.54. The van der Waals surface area contributed by atoms with E-state index in [0.717, 1.165) is 23.7 Å². The molecule has 0 fully saturated rings. The van der Waals surface area contributed by atoms with E-state index in [1.807, 2.05) is 0 Å². The maximum absolute atomic E-state index is 13.0. The summed E-state index contributed by atoms with van der Waals surface area (Å²) in [4.78, 5) is 0.220. The van der Waals surface area contributed by atoms with E-state index in [1.165, 1.54) is 23.6 Å². The van der Waals surface area contributed by atoms with Crippen molar-refractivity contribution in [2.75, 3.05) is 13.6 Å². The molecule has 138 valence electrons. The van der Waals surface area contributed by atoms with Crippen LogP contribution < -0.4 is 0 Å². The number of unbranched alkanes of at least 4 members (excludes halogenated alkanes) is 5. The normalized spacial score (nSPS) is 12.2. The van der Waals surface area contributed by atoms with E-state index in [-0.39, 0.29) is 4.90 Å². The van der Waals surface area contributed by atoms with Crippen molar-refractivity contribution in [2.24, 2.45) is 0 Å². The molecule has 0 aliphatic rings. The molecule has 0 spiro atoms. The molecule has 1 aromatic rings. The van der Waals surface area contributed by atoms with Gasteiger partial charge in [-0.3, -0.25) is 0 Å². The monoisotopic (exact) mass is 673 g/mol. The summed E-state index contributed by atoms with van der Waals surface area (Å²) in [5, 5.41) is 0. The second-order valence-corrected chi connectivity index (χ2v) is 11.4. The summed E-state index contributed by atoms with van der Waals surface area (Å²) in [5.74, 6) is 0. The van der Waals surface area contributed by atoms with Gasteiger partial charge in [-0.05, 0) is 86.1 Å². The first kappa shape index (κ1) is 23.6. The van der Waals surface area contributed by atoms with Crippen molar-refractivity contribution in [3.8, 4) is 0 Å². The second-order valence-electron chi connectivity index (χ2n) is 5.49. The molecule has 24 heavy (non-hydrogen) atoms. The molecular formula is C15H20Br5NO2S. The van der Waals surface area contributed by atoms with Crippen LogP contribution in [0.15, 0.2) is 27.3 Å². The smallest absolute Gasteiger partial charge is 0.207 e. The van der Waals surface area contributed by atoms with E-state index < -0.39 is 10.0 Å². The Morgan fingerprint density at radius 3 is 1.67 bits per heavy atom. The fourth-order valence-corrected chi connectivity index (χ4v) is 8.08. The van der Waals surface area contributed by atoms with Crippen molar-refractivity contribution in [2.45, 2.75) is 50.3 Å². The zero-order chi connectivity index (χ0) is 18.5. The molecule has 1 aromatic carbocycles. The van der Waals surface area contributed by atoms with Gasteiger partial charge < -0.3 is 0 Å². The Kier molecular flexibility index (Phi) is 10.6. The summed E-state index contributed by atoms with van der Waals surface area (Å²) >= 11 is 17.1. The van der Waals surface area contributed by atoms with Gasteiger partial charge in [0, 0.05) is 27.0 Å². The van der Waals surface area contributed by atoms with Gasteiger partial charge in [0.15, 0.2) is 0 Å². The van der Waals surface area contributed by atoms with E-state index in [9.17, 15) is 8.42 Å². The van der Waals surface area contributed by atoms with Gasteiger partial charge in [0.1, 0.15) is 4.90 Å². The van der Waals surface area contributed by atoms with Crippen LogP contribution in [0, 0.1) is 0 Å². The molecular weight excluding hydrogens is 658 g/mol. The van der Waals surface area contributed by atoms with Crippen LogP contribution in [0.4, 0.5) is 0 Å². The van der Waals surface area contributed by atoms with Gasteiger partial charge in [0.05, 0.1) is 8.95 Å². The molecule has 0 radical (unpaired) electrons. The minimum absolute atomic E-state index is 0.220. The van der Waals surface area contributed by atoms with E-state index in [2.05, 4.69) is 86.6 Å². The summed E-state index contributed by atoms with van der Waals surface area (Å²) < 4.78 is 30.4. The number of nitrogens with zero attached hydrogens (tertiary/aromatic N) is 1. The highest BCUT2D eigenvalue weighted by Crippen LogP contribution is 2.46. The van der Waals surface area contributed by atoms with Crippen molar-refractivity contribution in [1.82, 2.24) is 4.31 Å². The Labute approximate surface area is 187 Å². The number of rotatable bonds is 9. The molecule has 0 unspecified atom stereocenters. The molecule has 0 saturated carbocycles. The molecule has 0 heterocycles. The predicted molar refractivity (Wildman–Crippen MR) is 118 cm³/mol. The fraction of sp³-hybridized carbons (Fsp3) is 0.600. The van der Waals surface area contributed by atoms with Crippen LogP contribution in [0.25, 0.3) is 0 Å². The Balaban J connectivity index is 2.93. The molecule has 0 bridgehead atoms. The standard InChI is InChI=1S/C15H20Br5NO2S/c1-3-4-5-6-7-8-9-21(2)24(22,23)15-13(19)11(17)10(16)12(18)14(15)20/h3-9H2,1-2H3. The molecule has 1 rings (SSSR count). The highest BCUT2D eigenvalue weighted by molar-refractivity contribution is 9.15. The number of hydrogen-bond acceptors (Lipinski definition) is 2. The van der Waals surface area contributed by atoms with E-state index >= 15 is 0 Å². The van der Waals surface area contributed by atoms with Crippen LogP contribution in [-0.2, 0) is 10.0 Å². The van der Waals surface area contributed by atoms with Crippen LogP contribution >= 0.6 is 79.6 Å². The molecule has 0 amide bonds. The first-order chi connectivity index (χ1) is 11.2. The second kappa shape index (κ2) is 10.8. The Morgan fingerprint density at radius 2 is 1.17 bits per heavy atom. The first-order valence-corrected chi connectivity index (χ1v) is 13.0. The number of sulfonamides is 1. The minimum Gasteiger partial charge on any atom is -0.207 e. The number of benzene rings is 1. The fourth-order valence-electron chi connectivity index (χ4n) is 2.20. The summed E-state index contributed by atoms with van der Waals surface area (Å²) in [5.41, 5.74) is 0. The average molecular weight is 678 g/mol. The lowest BCUT2D eigenvalue weighted by Gasteiger charge is -2.21. The van der Waals surface area contributed by atoms with Crippen molar-refractivity contribution >= 4 is 89.7 Å². The minimum atomic E-state index is -3.60. The molecule has 0 saturated heterocycles. The van der Waals surface area contributed by atoms with Crippen molar-refractivity contribution < 1.29 is 8.42 Å². The van der Waals surface area contributed by atoms with Gasteiger partial charge in [-0.2, -0.15) is 0 Å². The van der Waals surface area contributed by atoms with Gasteiger partial charge in [-0.1, -0.05) is 39.0 Å². The largest absolute Gasteiger partial charge is 0.245 e. The Bertz CT molecular complexity index is 650. The Morgan fingerprint density at radius 1 is 0.750 bits per heavy atom. The van der Waals surface area contributed by atoms with E-state index in [4.69, 9.17) is 0 Å². The maximum Gasteiger partial charge on any atom is 0.245 e. The van der Waals surface area contributed by atoms with Crippen LogP contribution in [0.3, 0.4) is 0 Å². The van der Waals surface area contributed by atoms with Crippen LogP contribution in [0.2, 0.25) is 0 Å². The molecule has 0 aliphatic heterocycles. The third-order valence-corrected chi connectivity index (χ3v) is 12.2. The van der Waals surface area contributed by atoms with Gasteiger partial charge in [-0.25, -0.2) is 12.7 Å². The SMILES string of the molecule is CCCCCCCCN(C)S(=O)(=O)c1c(Br)c(Br)c(Br)c(Br)c1Br. The summed E-state index contributed by atoms with van der Waals surface area (Å²) in [7, 11) is -1.97. The first-order valence-electron chi connectivity index (χ1n) is 7.64. The summed E-state index contributed by atoms with van der Waals surface area (Å²) in [6, 6.07) is 0. The van der Waals surface area contributed by atoms with E-state index in [1.54, 1.807) is 7.05 Å². The highest BCUT2D eigenvalue weighted by atomic mass is 79.9. The summed E-state index contributed by atoms with van der Waals surface area (Å²) in [6.45, 7) is 2.70. The topological polar surface area (TPSA) is 37.4 Å². The lowest BCUT2D eigenvalue weighted by Crippen LogP contribution is -2.28. The third-order valence-electron chi connectivity index (χ3n) is 3.66. The molecule has 3 nitrogen and oxygen atoms in total. The van der Waals surface area contributed by atoms with Gasteiger partial charge >= 0.3 is 0 Å². The van der Waals surface area contributed by atoms with E-state index in [0.29, 0.717) is 24.4 Å². The third kappa shape index (κ3) is 5.76. The van der Waals surface area contributed by atoms with Crippen molar-refractivity contribution in [1.29, 1.82) is 0 Å². The number of hydrogen-bond donors (Lipinski definition) is 0. The quantitative estimate of drug-likeness (QED) is 0.155. The molecule has 0 atom stereocenters.